The molecule has 1 aliphatic heterocycles. The molecule has 1 aromatic heterocycles. The van der Waals surface area contributed by atoms with Gasteiger partial charge in [0.25, 0.3) is 0 Å². The van der Waals surface area contributed by atoms with Gasteiger partial charge in [-0.1, -0.05) is 37.3 Å². The number of benzene rings is 1. The first kappa shape index (κ1) is 16.7. The highest BCUT2D eigenvalue weighted by Crippen LogP contribution is 2.27. The normalized spacial score (nSPS) is 19.5. The zero-order chi connectivity index (χ0) is 16.9. The second kappa shape index (κ2) is 7.62. The molecule has 1 aliphatic rings. The van der Waals surface area contributed by atoms with E-state index in [1.54, 1.807) is 6.20 Å². The summed E-state index contributed by atoms with van der Waals surface area (Å²) in [6, 6.07) is 12.1. The number of amides is 1. The lowest BCUT2D eigenvalue weighted by molar-refractivity contribution is -0.138. The molecule has 5 nitrogen and oxygen atoms in total. The molecule has 0 aliphatic carbocycles. The predicted octanol–water partition coefficient (Wildman–Crippen LogP) is 2.74. The van der Waals surface area contributed by atoms with Crippen molar-refractivity contribution in [3.8, 4) is 0 Å². The van der Waals surface area contributed by atoms with Crippen molar-refractivity contribution in [2.45, 2.75) is 31.8 Å². The molecule has 2 atom stereocenters. The van der Waals surface area contributed by atoms with Crippen LogP contribution in [0.5, 0.6) is 0 Å². The molecule has 0 spiro atoms. The number of aromatic nitrogens is 2. The summed E-state index contributed by atoms with van der Waals surface area (Å²) >= 11 is 0. The second-order valence-corrected chi connectivity index (χ2v) is 6.45. The van der Waals surface area contributed by atoms with Gasteiger partial charge in [0.15, 0.2) is 0 Å². The number of carbonyl (C=O) groups is 1. The molecular weight excluding hydrogens is 300 g/mol. The Morgan fingerprint density at radius 1 is 1.33 bits per heavy atom. The fraction of sp³-hybridized carbons (Fsp3) is 0.474. The standard InChI is InChI=1S/C19H26N4O/c1-3-21(2)18(16-9-5-4-6-10-16)19(24)22-13-7-11-17(15-22)23-14-8-12-20-23/h4-6,8-10,12,14,17-18H,3,7,11,13,15H2,1-2H3. The molecule has 1 fully saturated rings. The van der Waals surface area contributed by atoms with Crippen LogP contribution in [0.2, 0.25) is 0 Å². The summed E-state index contributed by atoms with van der Waals surface area (Å²) in [5, 5.41) is 4.36. The van der Waals surface area contributed by atoms with Crippen LogP contribution in [0, 0.1) is 0 Å². The van der Waals surface area contributed by atoms with E-state index >= 15 is 0 Å². The predicted molar refractivity (Wildman–Crippen MR) is 94.6 cm³/mol. The average molecular weight is 326 g/mol. The highest BCUT2D eigenvalue weighted by molar-refractivity contribution is 5.83. The quantitative estimate of drug-likeness (QED) is 0.848. The lowest BCUT2D eigenvalue weighted by atomic mass is 10.0. The van der Waals surface area contributed by atoms with Gasteiger partial charge in [-0.25, -0.2) is 0 Å². The van der Waals surface area contributed by atoms with Crippen LogP contribution in [0.25, 0.3) is 0 Å². The van der Waals surface area contributed by atoms with E-state index in [9.17, 15) is 4.79 Å². The second-order valence-electron chi connectivity index (χ2n) is 6.45. The number of likely N-dealkylation sites (N-methyl/N-ethyl adjacent to an activating group) is 1. The molecule has 0 saturated carbocycles. The van der Waals surface area contributed by atoms with Crippen molar-refractivity contribution in [2.24, 2.45) is 0 Å². The number of carbonyl (C=O) groups excluding carboxylic acids is 1. The summed E-state index contributed by atoms with van der Waals surface area (Å²) < 4.78 is 1.99. The molecule has 1 aromatic carbocycles. The fourth-order valence-electron chi connectivity index (χ4n) is 3.44. The highest BCUT2D eigenvalue weighted by atomic mass is 16.2. The monoisotopic (exact) mass is 326 g/mol. The molecule has 2 unspecified atom stereocenters. The highest BCUT2D eigenvalue weighted by Gasteiger charge is 2.32. The summed E-state index contributed by atoms with van der Waals surface area (Å²) in [6.07, 6.45) is 5.89. The van der Waals surface area contributed by atoms with E-state index in [1.807, 2.05) is 59.2 Å². The Bertz CT molecular complexity index is 641. The Hall–Kier alpha value is -2.14. The summed E-state index contributed by atoms with van der Waals surface area (Å²) in [4.78, 5) is 17.4. The average Bonchev–Trinajstić information content (AvgIpc) is 3.17. The number of hydrogen-bond donors (Lipinski definition) is 0. The van der Waals surface area contributed by atoms with E-state index in [0.29, 0.717) is 0 Å². The van der Waals surface area contributed by atoms with Crippen molar-refractivity contribution in [1.29, 1.82) is 0 Å². The van der Waals surface area contributed by atoms with Gasteiger partial charge in [0.2, 0.25) is 5.91 Å². The molecule has 0 N–H and O–H groups in total. The maximum Gasteiger partial charge on any atom is 0.244 e. The molecule has 2 heterocycles. The molecular formula is C19H26N4O. The zero-order valence-corrected chi connectivity index (χ0v) is 14.5. The van der Waals surface area contributed by atoms with Gasteiger partial charge in [0.1, 0.15) is 6.04 Å². The minimum Gasteiger partial charge on any atom is -0.339 e. The van der Waals surface area contributed by atoms with Gasteiger partial charge in [-0.2, -0.15) is 5.10 Å². The lowest BCUT2D eigenvalue weighted by Crippen LogP contribution is -2.46. The van der Waals surface area contributed by atoms with Gasteiger partial charge in [-0.15, -0.1) is 0 Å². The third-order valence-electron chi connectivity index (χ3n) is 4.90. The van der Waals surface area contributed by atoms with Gasteiger partial charge in [0.05, 0.1) is 6.04 Å². The number of rotatable bonds is 5. The molecule has 1 saturated heterocycles. The van der Waals surface area contributed by atoms with E-state index in [1.165, 1.54) is 0 Å². The first-order chi connectivity index (χ1) is 11.7. The molecule has 24 heavy (non-hydrogen) atoms. The fourth-order valence-corrected chi connectivity index (χ4v) is 3.44. The maximum atomic E-state index is 13.3. The minimum atomic E-state index is -0.215. The van der Waals surface area contributed by atoms with Gasteiger partial charge in [-0.05, 0) is 38.1 Å². The smallest absolute Gasteiger partial charge is 0.244 e. The van der Waals surface area contributed by atoms with Crippen molar-refractivity contribution < 1.29 is 4.79 Å². The summed E-state index contributed by atoms with van der Waals surface area (Å²) in [5.74, 6) is 0.197. The van der Waals surface area contributed by atoms with Gasteiger partial charge in [0, 0.05) is 25.5 Å². The third-order valence-corrected chi connectivity index (χ3v) is 4.90. The molecule has 0 radical (unpaired) electrons. The van der Waals surface area contributed by atoms with Crippen LogP contribution in [0.4, 0.5) is 0 Å². The minimum absolute atomic E-state index is 0.197. The lowest BCUT2D eigenvalue weighted by Gasteiger charge is -2.37. The molecule has 5 heteroatoms. The summed E-state index contributed by atoms with van der Waals surface area (Å²) in [5.41, 5.74) is 1.06. The van der Waals surface area contributed by atoms with Crippen LogP contribution >= 0.6 is 0 Å². The number of nitrogens with zero attached hydrogens (tertiary/aromatic N) is 4. The molecule has 3 rings (SSSR count). The van der Waals surface area contributed by atoms with E-state index in [0.717, 1.165) is 38.0 Å². The van der Waals surface area contributed by atoms with E-state index in [2.05, 4.69) is 16.9 Å². The first-order valence-electron chi connectivity index (χ1n) is 8.73. The van der Waals surface area contributed by atoms with E-state index in [-0.39, 0.29) is 18.0 Å². The molecule has 0 bridgehead atoms. The first-order valence-corrected chi connectivity index (χ1v) is 8.73. The van der Waals surface area contributed by atoms with Gasteiger partial charge >= 0.3 is 0 Å². The van der Waals surface area contributed by atoms with Crippen molar-refractivity contribution in [1.82, 2.24) is 19.6 Å². The van der Waals surface area contributed by atoms with Crippen molar-refractivity contribution in [2.75, 3.05) is 26.7 Å². The van der Waals surface area contributed by atoms with Crippen LogP contribution in [-0.2, 0) is 4.79 Å². The Balaban J connectivity index is 1.79. The van der Waals surface area contributed by atoms with E-state index < -0.39 is 0 Å². The molecule has 2 aromatic rings. The Morgan fingerprint density at radius 3 is 2.79 bits per heavy atom. The van der Waals surface area contributed by atoms with Crippen LogP contribution in [-0.4, -0.2) is 52.2 Å². The van der Waals surface area contributed by atoms with Crippen LogP contribution in [0.1, 0.15) is 37.4 Å². The number of hydrogen-bond acceptors (Lipinski definition) is 3. The van der Waals surface area contributed by atoms with Crippen molar-refractivity contribution in [3.63, 3.8) is 0 Å². The van der Waals surface area contributed by atoms with Crippen molar-refractivity contribution in [3.05, 3.63) is 54.4 Å². The van der Waals surface area contributed by atoms with Crippen molar-refractivity contribution >= 4 is 5.91 Å². The van der Waals surface area contributed by atoms with Gasteiger partial charge < -0.3 is 4.90 Å². The van der Waals surface area contributed by atoms with E-state index in [4.69, 9.17) is 0 Å². The molecule has 128 valence electrons. The summed E-state index contributed by atoms with van der Waals surface area (Å²) in [6.45, 7) is 4.49. The van der Waals surface area contributed by atoms with Crippen LogP contribution < -0.4 is 0 Å². The Kier molecular flexibility index (Phi) is 5.30. The number of piperidine rings is 1. The molecule has 1 amide bonds. The van der Waals surface area contributed by atoms with Crippen LogP contribution in [0.15, 0.2) is 48.8 Å². The SMILES string of the molecule is CCN(C)C(C(=O)N1CCCC(n2cccn2)C1)c1ccccc1. The zero-order valence-electron chi connectivity index (χ0n) is 14.5. The largest absolute Gasteiger partial charge is 0.339 e. The third kappa shape index (κ3) is 3.51. The topological polar surface area (TPSA) is 41.4 Å². The Morgan fingerprint density at radius 2 is 2.12 bits per heavy atom. The number of likely N-dealkylation sites (tertiary alicyclic amines) is 1. The van der Waals surface area contributed by atoms with Gasteiger partial charge in [-0.3, -0.25) is 14.4 Å². The van der Waals surface area contributed by atoms with Crippen LogP contribution in [0.3, 0.4) is 0 Å². The maximum absolute atomic E-state index is 13.3. The Labute approximate surface area is 143 Å². The summed E-state index contributed by atoms with van der Waals surface area (Å²) in [7, 11) is 2.02.